The summed E-state index contributed by atoms with van der Waals surface area (Å²) in [4.78, 5) is 16.6. The molecule has 4 rings (SSSR count). The van der Waals surface area contributed by atoms with E-state index < -0.39 is 0 Å². The molecule has 0 radical (unpaired) electrons. The van der Waals surface area contributed by atoms with E-state index in [0.717, 1.165) is 5.56 Å². The van der Waals surface area contributed by atoms with Crippen LogP contribution in [0.3, 0.4) is 0 Å². The monoisotopic (exact) mass is 370 g/mol. The predicted molar refractivity (Wildman–Crippen MR) is 95.8 cm³/mol. The molecule has 4 aromatic rings. The number of aromatic nitrogens is 4. The third kappa shape index (κ3) is 3.42. The van der Waals surface area contributed by atoms with Crippen molar-refractivity contribution in [2.24, 2.45) is 0 Å². The van der Waals surface area contributed by atoms with Crippen LogP contribution in [-0.2, 0) is 5.75 Å². The van der Waals surface area contributed by atoms with Crippen molar-refractivity contribution in [2.75, 3.05) is 0 Å². The van der Waals surface area contributed by atoms with Gasteiger partial charge in [-0.2, -0.15) is 0 Å². The molecule has 0 atom stereocenters. The number of benzene rings is 1. The maximum atomic E-state index is 12.2. The lowest BCUT2D eigenvalue weighted by Gasteiger charge is -2.03. The summed E-state index contributed by atoms with van der Waals surface area (Å²) in [5, 5.41) is 8.97. The van der Waals surface area contributed by atoms with Crippen LogP contribution in [0.2, 0.25) is 5.02 Å². The molecule has 8 heteroatoms. The first-order valence-electron chi connectivity index (χ1n) is 7.38. The van der Waals surface area contributed by atoms with Crippen molar-refractivity contribution in [1.29, 1.82) is 0 Å². The van der Waals surface area contributed by atoms with E-state index in [1.54, 1.807) is 18.3 Å². The van der Waals surface area contributed by atoms with Crippen molar-refractivity contribution in [3.63, 3.8) is 0 Å². The van der Waals surface area contributed by atoms with Crippen LogP contribution in [0.1, 0.15) is 5.69 Å². The van der Waals surface area contributed by atoms with Crippen molar-refractivity contribution in [1.82, 2.24) is 19.6 Å². The lowest BCUT2D eigenvalue weighted by molar-refractivity contribution is 0.466. The Kier molecular flexibility index (Phi) is 4.25. The molecule has 0 saturated carbocycles. The Morgan fingerprint density at radius 3 is 2.80 bits per heavy atom. The summed E-state index contributed by atoms with van der Waals surface area (Å²) in [6.45, 7) is 0. The van der Waals surface area contributed by atoms with Gasteiger partial charge < -0.3 is 4.42 Å². The molecule has 3 heterocycles. The second-order valence-corrected chi connectivity index (χ2v) is 6.55. The van der Waals surface area contributed by atoms with E-state index in [0.29, 0.717) is 33.2 Å². The van der Waals surface area contributed by atoms with E-state index in [1.807, 2.05) is 30.3 Å². The first kappa shape index (κ1) is 15.9. The predicted octanol–water partition coefficient (Wildman–Crippen LogP) is 3.69. The van der Waals surface area contributed by atoms with E-state index in [-0.39, 0.29) is 5.56 Å². The number of rotatable bonds is 4. The first-order chi connectivity index (χ1) is 12.2. The van der Waals surface area contributed by atoms with Crippen LogP contribution >= 0.6 is 23.4 Å². The van der Waals surface area contributed by atoms with Crippen LogP contribution < -0.4 is 5.56 Å². The van der Waals surface area contributed by atoms with Gasteiger partial charge in [0, 0.05) is 23.6 Å². The van der Waals surface area contributed by atoms with Crippen molar-refractivity contribution in [2.45, 2.75) is 11.0 Å². The van der Waals surface area contributed by atoms with Gasteiger partial charge in [-0.3, -0.25) is 9.20 Å². The highest BCUT2D eigenvalue weighted by Gasteiger charge is 2.10. The molecular weight excluding hydrogens is 360 g/mol. The van der Waals surface area contributed by atoms with Gasteiger partial charge in [-0.1, -0.05) is 41.6 Å². The van der Waals surface area contributed by atoms with Crippen LogP contribution in [0.25, 0.3) is 17.1 Å². The lowest BCUT2D eigenvalue weighted by atomic mass is 10.2. The minimum Gasteiger partial charge on any atom is -0.411 e. The van der Waals surface area contributed by atoms with Crippen LogP contribution in [-0.4, -0.2) is 19.6 Å². The van der Waals surface area contributed by atoms with E-state index >= 15 is 0 Å². The van der Waals surface area contributed by atoms with Gasteiger partial charge in [0.2, 0.25) is 5.89 Å². The molecule has 0 bridgehead atoms. The number of hydrogen-bond acceptors (Lipinski definition) is 6. The minimum absolute atomic E-state index is 0.182. The van der Waals surface area contributed by atoms with Crippen LogP contribution in [0.5, 0.6) is 0 Å². The molecule has 0 unspecified atom stereocenters. The highest BCUT2D eigenvalue weighted by molar-refractivity contribution is 7.98. The van der Waals surface area contributed by atoms with Crippen LogP contribution in [0.4, 0.5) is 0 Å². The average molecular weight is 371 g/mol. The molecule has 124 valence electrons. The van der Waals surface area contributed by atoms with Crippen molar-refractivity contribution >= 4 is 29.0 Å². The van der Waals surface area contributed by atoms with Crippen LogP contribution in [0, 0.1) is 0 Å². The summed E-state index contributed by atoms with van der Waals surface area (Å²) in [5.41, 5.74) is 1.86. The molecule has 25 heavy (non-hydrogen) atoms. The smallest absolute Gasteiger partial charge is 0.277 e. The van der Waals surface area contributed by atoms with E-state index in [9.17, 15) is 4.79 Å². The maximum Gasteiger partial charge on any atom is 0.277 e. The zero-order valence-electron chi connectivity index (χ0n) is 12.8. The molecule has 0 fully saturated rings. The lowest BCUT2D eigenvalue weighted by Crippen LogP contribution is -2.15. The number of fused-ring (bicyclic) bond motifs is 1. The highest BCUT2D eigenvalue weighted by Crippen LogP contribution is 2.25. The Balaban J connectivity index is 1.54. The fourth-order valence-corrected chi connectivity index (χ4v) is 3.12. The summed E-state index contributed by atoms with van der Waals surface area (Å²) in [5.74, 6) is 0.911. The quantitative estimate of drug-likeness (QED) is 0.510. The largest absolute Gasteiger partial charge is 0.411 e. The zero-order valence-corrected chi connectivity index (χ0v) is 14.4. The molecule has 0 N–H and O–H groups in total. The Hall–Kier alpha value is -2.64. The molecule has 0 aliphatic heterocycles. The standard InChI is InChI=1S/C17H11ClN4O2S/c18-12-6-7-14-19-13(8-15(23)22(14)9-12)10-25-17-21-20-16(24-17)11-4-2-1-3-5-11/h1-9H,10H2. The Labute approximate surface area is 151 Å². The third-order valence-corrected chi connectivity index (χ3v) is 4.52. The Bertz CT molecular complexity index is 1090. The number of hydrogen-bond donors (Lipinski definition) is 0. The average Bonchev–Trinajstić information content (AvgIpc) is 3.10. The second-order valence-electron chi connectivity index (χ2n) is 5.19. The third-order valence-electron chi connectivity index (χ3n) is 3.45. The topological polar surface area (TPSA) is 73.3 Å². The summed E-state index contributed by atoms with van der Waals surface area (Å²) in [7, 11) is 0. The van der Waals surface area contributed by atoms with Gasteiger partial charge in [0.25, 0.3) is 10.8 Å². The summed E-state index contributed by atoms with van der Waals surface area (Å²) >= 11 is 7.24. The molecular formula is C17H11ClN4O2S. The van der Waals surface area contributed by atoms with E-state index in [1.165, 1.54) is 22.2 Å². The van der Waals surface area contributed by atoms with Crippen molar-refractivity contribution in [3.05, 3.63) is 75.8 Å². The fraction of sp³-hybridized carbons (Fsp3) is 0.0588. The number of thioether (sulfide) groups is 1. The molecule has 6 nitrogen and oxygen atoms in total. The maximum absolute atomic E-state index is 12.2. The molecule has 0 aliphatic rings. The molecule has 1 aromatic carbocycles. The van der Waals surface area contributed by atoms with Crippen molar-refractivity contribution < 1.29 is 4.42 Å². The van der Waals surface area contributed by atoms with Gasteiger partial charge in [0.1, 0.15) is 5.65 Å². The van der Waals surface area contributed by atoms with Gasteiger partial charge in [-0.05, 0) is 24.3 Å². The Morgan fingerprint density at radius 2 is 1.96 bits per heavy atom. The number of halogens is 1. The normalized spacial score (nSPS) is 11.1. The molecule has 0 spiro atoms. The molecule has 3 aromatic heterocycles. The molecule has 0 amide bonds. The summed E-state index contributed by atoms with van der Waals surface area (Å²) in [6, 6.07) is 14.4. The highest BCUT2D eigenvalue weighted by atomic mass is 35.5. The number of pyridine rings is 1. The van der Waals surface area contributed by atoms with Gasteiger partial charge in [0.05, 0.1) is 10.7 Å². The zero-order chi connectivity index (χ0) is 17.2. The van der Waals surface area contributed by atoms with Gasteiger partial charge >= 0.3 is 0 Å². The van der Waals surface area contributed by atoms with Gasteiger partial charge in [-0.15, -0.1) is 10.2 Å². The molecule has 0 aliphatic carbocycles. The van der Waals surface area contributed by atoms with Gasteiger partial charge in [-0.25, -0.2) is 4.98 Å². The van der Waals surface area contributed by atoms with Gasteiger partial charge in [0.15, 0.2) is 0 Å². The van der Waals surface area contributed by atoms with Crippen molar-refractivity contribution in [3.8, 4) is 11.5 Å². The SMILES string of the molecule is O=c1cc(CSc2nnc(-c3ccccc3)o2)nc2ccc(Cl)cn12. The minimum atomic E-state index is -0.182. The fourth-order valence-electron chi connectivity index (χ4n) is 2.30. The Morgan fingerprint density at radius 1 is 1.12 bits per heavy atom. The summed E-state index contributed by atoms with van der Waals surface area (Å²) in [6.07, 6.45) is 1.55. The van der Waals surface area contributed by atoms with E-state index in [2.05, 4.69) is 15.2 Å². The van der Waals surface area contributed by atoms with E-state index in [4.69, 9.17) is 16.0 Å². The number of nitrogens with zero attached hydrogens (tertiary/aromatic N) is 4. The van der Waals surface area contributed by atoms with Crippen LogP contribution in [0.15, 0.2) is 69.2 Å². The first-order valence-corrected chi connectivity index (χ1v) is 8.75. The molecule has 0 saturated heterocycles. The second kappa shape index (κ2) is 6.70. The summed E-state index contributed by atoms with van der Waals surface area (Å²) < 4.78 is 7.05.